The van der Waals surface area contributed by atoms with E-state index in [4.69, 9.17) is 4.74 Å². The maximum atomic E-state index is 13.6. The standard InChI is InChI=1S/C26H25N3O4/c1-33-20-14-12-17(13-15-20)21-16-27-25(30)26(21)22(18-8-4-2-5-9-18)24(29(31)32)23(28-26)19-10-6-3-7-11-19/h2-15,21-24,28H,16H2,1H3,(H,27,30)/t21-,22-,23-,24-,26-/m0/s1. The molecule has 0 aliphatic carbocycles. The number of benzene rings is 3. The molecule has 2 N–H and O–H groups in total. The highest BCUT2D eigenvalue weighted by Crippen LogP contribution is 2.53. The molecular formula is C26H25N3O4. The average Bonchev–Trinajstić information content (AvgIpc) is 3.39. The lowest BCUT2D eigenvalue weighted by Crippen LogP contribution is -2.54. The molecule has 0 unspecified atom stereocenters. The fourth-order valence-electron chi connectivity index (χ4n) is 5.60. The molecule has 3 aromatic carbocycles. The lowest BCUT2D eigenvalue weighted by atomic mass is 9.69. The Morgan fingerprint density at radius 3 is 2.09 bits per heavy atom. The van der Waals surface area contributed by atoms with Gasteiger partial charge in [0.25, 0.3) is 0 Å². The van der Waals surface area contributed by atoms with E-state index >= 15 is 0 Å². The van der Waals surface area contributed by atoms with Gasteiger partial charge in [0.1, 0.15) is 17.3 Å². The number of methoxy groups -OCH3 is 1. The maximum absolute atomic E-state index is 13.6. The summed E-state index contributed by atoms with van der Waals surface area (Å²) in [7, 11) is 1.60. The maximum Gasteiger partial charge on any atom is 0.241 e. The normalized spacial score (nSPS) is 28.6. The summed E-state index contributed by atoms with van der Waals surface area (Å²) in [5.41, 5.74) is 1.33. The minimum Gasteiger partial charge on any atom is -0.497 e. The van der Waals surface area contributed by atoms with Gasteiger partial charge in [-0.2, -0.15) is 0 Å². The van der Waals surface area contributed by atoms with E-state index in [2.05, 4.69) is 10.6 Å². The molecule has 0 radical (unpaired) electrons. The molecule has 2 fully saturated rings. The quantitative estimate of drug-likeness (QED) is 0.466. The molecule has 7 nitrogen and oxygen atoms in total. The fourth-order valence-corrected chi connectivity index (χ4v) is 5.60. The van der Waals surface area contributed by atoms with Crippen LogP contribution in [0.1, 0.15) is 34.6 Å². The molecule has 1 amide bonds. The van der Waals surface area contributed by atoms with Gasteiger partial charge in [-0.05, 0) is 28.8 Å². The number of carbonyl (C=O) groups is 1. The van der Waals surface area contributed by atoms with E-state index in [0.717, 1.165) is 22.4 Å². The zero-order valence-electron chi connectivity index (χ0n) is 18.2. The van der Waals surface area contributed by atoms with Crippen molar-refractivity contribution < 1.29 is 14.5 Å². The Morgan fingerprint density at radius 1 is 0.909 bits per heavy atom. The Morgan fingerprint density at radius 2 is 1.52 bits per heavy atom. The van der Waals surface area contributed by atoms with Crippen molar-refractivity contribution in [2.45, 2.75) is 29.5 Å². The van der Waals surface area contributed by atoms with Crippen LogP contribution in [0.15, 0.2) is 84.9 Å². The third-order valence-corrected chi connectivity index (χ3v) is 7.04. The summed E-state index contributed by atoms with van der Waals surface area (Å²) in [6.07, 6.45) is 0. The summed E-state index contributed by atoms with van der Waals surface area (Å²) >= 11 is 0. The van der Waals surface area contributed by atoms with Gasteiger partial charge in [-0.3, -0.25) is 20.2 Å². The van der Waals surface area contributed by atoms with Gasteiger partial charge in [-0.25, -0.2) is 0 Å². The molecule has 33 heavy (non-hydrogen) atoms. The summed E-state index contributed by atoms with van der Waals surface area (Å²) in [6, 6.07) is 24.7. The van der Waals surface area contributed by atoms with Crippen LogP contribution in [0.3, 0.4) is 0 Å². The first-order valence-electron chi connectivity index (χ1n) is 11.0. The molecule has 2 heterocycles. The van der Waals surface area contributed by atoms with Crippen LogP contribution in [0.2, 0.25) is 0 Å². The summed E-state index contributed by atoms with van der Waals surface area (Å²) in [5, 5.41) is 19.1. The largest absolute Gasteiger partial charge is 0.497 e. The molecule has 0 bridgehead atoms. The Kier molecular flexibility index (Phi) is 5.34. The van der Waals surface area contributed by atoms with Crippen LogP contribution >= 0.6 is 0 Å². The highest BCUT2D eigenvalue weighted by molar-refractivity contribution is 5.92. The van der Waals surface area contributed by atoms with E-state index < -0.39 is 23.5 Å². The third kappa shape index (κ3) is 3.36. The monoisotopic (exact) mass is 443 g/mol. The highest BCUT2D eigenvalue weighted by atomic mass is 16.6. The smallest absolute Gasteiger partial charge is 0.241 e. The number of nitrogens with zero attached hydrogens (tertiary/aromatic N) is 1. The van der Waals surface area contributed by atoms with Crippen LogP contribution in [0.4, 0.5) is 0 Å². The molecule has 2 aliphatic heterocycles. The van der Waals surface area contributed by atoms with Gasteiger partial charge in [0.05, 0.1) is 13.0 Å². The van der Waals surface area contributed by atoms with Crippen molar-refractivity contribution in [1.29, 1.82) is 0 Å². The van der Waals surface area contributed by atoms with Gasteiger partial charge in [-0.15, -0.1) is 0 Å². The third-order valence-electron chi connectivity index (χ3n) is 7.04. The van der Waals surface area contributed by atoms with Gasteiger partial charge in [0, 0.05) is 17.4 Å². The Hall–Kier alpha value is -3.71. The first kappa shape index (κ1) is 21.2. The van der Waals surface area contributed by atoms with E-state index in [1.807, 2.05) is 84.9 Å². The Labute approximate surface area is 191 Å². The summed E-state index contributed by atoms with van der Waals surface area (Å²) in [6.45, 7) is 0.396. The number of nitrogens with one attached hydrogen (secondary N) is 2. The van der Waals surface area contributed by atoms with Crippen molar-refractivity contribution in [3.8, 4) is 5.75 Å². The van der Waals surface area contributed by atoms with Crippen LogP contribution in [0.5, 0.6) is 5.75 Å². The lowest BCUT2D eigenvalue weighted by Gasteiger charge is -2.34. The number of ether oxygens (including phenoxy) is 1. The summed E-state index contributed by atoms with van der Waals surface area (Å²) < 4.78 is 5.30. The molecule has 2 aliphatic rings. The van der Waals surface area contributed by atoms with Crippen LogP contribution in [-0.4, -0.2) is 36.1 Å². The van der Waals surface area contributed by atoms with Crippen LogP contribution in [0, 0.1) is 10.1 Å². The van der Waals surface area contributed by atoms with Crippen molar-refractivity contribution in [2.75, 3.05) is 13.7 Å². The molecule has 7 heteroatoms. The first-order chi connectivity index (χ1) is 16.1. The molecule has 1 spiro atoms. The molecule has 5 rings (SSSR count). The molecule has 0 aromatic heterocycles. The molecule has 5 atom stereocenters. The van der Waals surface area contributed by atoms with E-state index in [1.54, 1.807) is 7.11 Å². The number of nitro groups is 1. The minimum absolute atomic E-state index is 0.206. The molecule has 168 valence electrons. The zero-order valence-corrected chi connectivity index (χ0v) is 18.2. The zero-order chi connectivity index (χ0) is 23.0. The second kappa shape index (κ2) is 8.33. The number of amides is 1. The van der Waals surface area contributed by atoms with Gasteiger partial charge >= 0.3 is 0 Å². The lowest BCUT2D eigenvalue weighted by molar-refractivity contribution is -0.527. The first-order valence-corrected chi connectivity index (χ1v) is 11.0. The second-order valence-electron chi connectivity index (χ2n) is 8.60. The molecule has 2 saturated heterocycles. The topological polar surface area (TPSA) is 93.5 Å². The van der Waals surface area contributed by atoms with E-state index in [1.165, 1.54) is 0 Å². The van der Waals surface area contributed by atoms with Crippen molar-refractivity contribution in [3.05, 3.63) is 112 Å². The SMILES string of the molecule is COc1ccc([C@@H]2CNC(=O)[C@]23N[C@@H](c2ccccc2)[C@@H]([N+](=O)[O-])[C@@H]3c2ccccc2)cc1. The number of hydrogen-bond donors (Lipinski definition) is 2. The molecule has 0 saturated carbocycles. The van der Waals surface area contributed by atoms with Crippen LogP contribution < -0.4 is 15.4 Å². The fraction of sp³-hybridized carbons (Fsp3) is 0.269. The second-order valence-corrected chi connectivity index (χ2v) is 8.60. The van der Waals surface area contributed by atoms with Crippen LogP contribution in [0.25, 0.3) is 0 Å². The van der Waals surface area contributed by atoms with Gasteiger partial charge in [-0.1, -0.05) is 72.8 Å². The molecular weight excluding hydrogens is 418 g/mol. The van der Waals surface area contributed by atoms with Crippen molar-refractivity contribution in [3.63, 3.8) is 0 Å². The number of rotatable bonds is 5. The van der Waals surface area contributed by atoms with Crippen molar-refractivity contribution in [1.82, 2.24) is 10.6 Å². The van der Waals surface area contributed by atoms with E-state index in [-0.39, 0.29) is 16.7 Å². The number of carbonyl (C=O) groups excluding carboxylic acids is 1. The van der Waals surface area contributed by atoms with Gasteiger partial charge < -0.3 is 10.1 Å². The summed E-state index contributed by atoms with van der Waals surface area (Å²) in [4.78, 5) is 25.9. The average molecular weight is 444 g/mol. The predicted molar refractivity (Wildman–Crippen MR) is 124 cm³/mol. The Balaban J connectivity index is 1.71. The minimum atomic E-state index is -1.17. The van der Waals surface area contributed by atoms with E-state index in [9.17, 15) is 14.9 Å². The highest BCUT2D eigenvalue weighted by Gasteiger charge is 2.68. The summed E-state index contributed by atoms with van der Waals surface area (Å²) in [5.74, 6) is -0.442. The molecule has 3 aromatic rings. The Bertz CT molecular complexity index is 1150. The van der Waals surface area contributed by atoms with Crippen molar-refractivity contribution >= 4 is 5.91 Å². The van der Waals surface area contributed by atoms with Crippen molar-refractivity contribution in [2.24, 2.45) is 0 Å². The number of hydrogen-bond acceptors (Lipinski definition) is 5. The van der Waals surface area contributed by atoms with Gasteiger partial charge in [0.2, 0.25) is 11.9 Å². The van der Waals surface area contributed by atoms with E-state index in [0.29, 0.717) is 6.54 Å². The van der Waals surface area contributed by atoms with Crippen LogP contribution in [-0.2, 0) is 4.79 Å². The van der Waals surface area contributed by atoms with Gasteiger partial charge in [0.15, 0.2) is 0 Å². The predicted octanol–water partition coefficient (Wildman–Crippen LogP) is 3.42.